The van der Waals surface area contributed by atoms with Crippen LogP contribution in [-0.4, -0.2) is 58.9 Å². The lowest BCUT2D eigenvalue weighted by molar-refractivity contribution is -0.128. The van der Waals surface area contributed by atoms with Crippen LogP contribution in [0.4, 0.5) is 31.2 Å². The van der Waals surface area contributed by atoms with E-state index in [0.29, 0.717) is 22.5 Å². The highest BCUT2D eigenvalue weighted by Gasteiger charge is 2.19. The van der Waals surface area contributed by atoms with Gasteiger partial charge in [-0.15, -0.1) is 0 Å². The van der Waals surface area contributed by atoms with Gasteiger partial charge in [-0.25, -0.2) is 19.0 Å². The van der Waals surface area contributed by atoms with Crippen LogP contribution < -0.4 is 16.0 Å². The molecule has 0 atom stereocenters. The molecule has 3 aromatic carbocycles. The van der Waals surface area contributed by atoms with Gasteiger partial charge >= 0.3 is 12.2 Å². The Morgan fingerprint density at radius 3 is 2.47 bits per heavy atom. The number of rotatable bonds is 10. The van der Waals surface area contributed by atoms with Crippen molar-refractivity contribution in [1.29, 1.82) is 0 Å². The van der Waals surface area contributed by atoms with Crippen molar-refractivity contribution >= 4 is 51.6 Å². The minimum absolute atomic E-state index is 0.0481. The van der Waals surface area contributed by atoms with Crippen LogP contribution in [0.1, 0.15) is 37.5 Å². The summed E-state index contributed by atoms with van der Waals surface area (Å²) in [5, 5.41) is 19.9. The second-order valence-corrected chi connectivity index (χ2v) is 11.9. The molecule has 0 unspecified atom stereocenters. The maximum Gasteiger partial charge on any atom is 0.413 e. The fourth-order valence-corrected chi connectivity index (χ4v) is 4.65. The summed E-state index contributed by atoms with van der Waals surface area (Å²) in [7, 11) is 1.51. The molecular weight excluding hydrogens is 605 g/mol. The van der Waals surface area contributed by atoms with E-state index < -0.39 is 29.4 Å². The summed E-state index contributed by atoms with van der Waals surface area (Å²) in [6.45, 7) is 10.9. The molecule has 12 heteroatoms. The van der Waals surface area contributed by atoms with Crippen LogP contribution in [0.15, 0.2) is 73.4 Å². The molecule has 0 saturated carbocycles. The highest BCUT2D eigenvalue weighted by Crippen LogP contribution is 2.28. The predicted octanol–water partition coefficient (Wildman–Crippen LogP) is 7.07. The van der Waals surface area contributed by atoms with Gasteiger partial charge in [0.05, 0.1) is 6.54 Å². The van der Waals surface area contributed by atoms with Crippen molar-refractivity contribution < 1.29 is 33.4 Å². The topological polar surface area (TPSA) is 142 Å². The largest absolute Gasteiger partial charge is 0.505 e. The van der Waals surface area contributed by atoms with E-state index >= 15 is 0 Å². The number of carbonyl (C=O) groups is 3. The lowest BCUT2D eigenvalue weighted by atomic mass is 10.0. The average Bonchev–Trinajstić information content (AvgIpc) is 3.00. The monoisotopic (exact) mass is 643 g/mol. The summed E-state index contributed by atoms with van der Waals surface area (Å²) < 4.78 is 25.1. The third-order valence-corrected chi connectivity index (χ3v) is 6.95. The Bertz CT molecular complexity index is 1820. The van der Waals surface area contributed by atoms with Gasteiger partial charge in [0, 0.05) is 48.2 Å². The van der Waals surface area contributed by atoms with Crippen LogP contribution >= 0.6 is 0 Å². The number of fused-ring (bicyclic) bond motifs is 1. The van der Waals surface area contributed by atoms with Crippen molar-refractivity contribution in [2.45, 2.75) is 39.8 Å². The number of likely N-dealkylation sites (N-methyl/N-ethyl adjacent to an activating group) is 1. The molecule has 0 aliphatic carbocycles. The molecule has 246 valence electrons. The van der Waals surface area contributed by atoms with Crippen molar-refractivity contribution in [1.82, 2.24) is 9.88 Å². The second kappa shape index (κ2) is 14.6. The molecule has 0 spiro atoms. The van der Waals surface area contributed by atoms with Crippen LogP contribution in [0.5, 0.6) is 5.75 Å². The van der Waals surface area contributed by atoms with Gasteiger partial charge in [-0.1, -0.05) is 30.8 Å². The Balaban J connectivity index is 1.34. The first-order chi connectivity index (χ1) is 22.2. The number of aryl methyl sites for hydroxylation is 1. The first-order valence-corrected chi connectivity index (χ1v) is 14.8. The van der Waals surface area contributed by atoms with E-state index in [1.54, 1.807) is 51.2 Å². The number of aromatic nitrogens is 1. The summed E-state index contributed by atoms with van der Waals surface area (Å²) in [6.07, 6.45) is 0.0953. The number of hydrogen-bond acceptors (Lipinski definition) is 8. The van der Waals surface area contributed by atoms with Gasteiger partial charge in [-0.3, -0.25) is 15.4 Å². The Hall–Kier alpha value is -5.65. The van der Waals surface area contributed by atoms with Gasteiger partial charge in [-0.2, -0.15) is 0 Å². The molecule has 47 heavy (non-hydrogen) atoms. The number of ether oxygens (including phenoxy) is 2. The van der Waals surface area contributed by atoms with E-state index in [0.717, 1.165) is 22.6 Å². The number of benzene rings is 3. The Labute approximate surface area is 272 Å². The lowest BCUT2D eigenvalue weighted by Gasteiger charge is -2.20. The third kappa shape index (κ3) is 9.42. The molecule has 4 N–H and O–H groups in total. The maximum atomic E-state index is 14.6. The summed E-state index contributed by atoms with van der Waals surface area (Å²) in [6, 6.07) is 16.9. The van der Waals surface area contributed by atoms with Gasteiger partial charge in [0.15, 0.2) is 11.6 Å². The number of aromatic hydroxyl groups is 1. The number of hydrogen-bond donors (Lipinski definition) is 4. The van der Waals surface area contributed by atoms with E-state index in [1.807, 2.05) is 31.2 Å². The number of phenols is 1. The summed E-state index contributed by atoms with van der Waals surface area (Å²) in [5.74, 6) is -1.61. The number of nitrogens with zero attached hydrogens (tertiary/aromatic N) is 2. The number of phenolic OH excluding ortho intramolecular Hbond substituents is 1. The van der Waals surface area contributed by atoms with Crippen LogP contribution in [0.25, 0.3) is 16.3 Å². The molecule has 0 radical (unpaired) electrons. The van der Waals surface area contributed by atoms with Gasteiger partial charge in [-0.05, 0) is 80.1 Å². The molecule has 11 nitrogen and oxygen atoms in total. The minimum atomic E-state index is -0.965. The quantitative estimate of drug-likeness (QED) is 0.135. The molecular formula is C35H38FN5O6. The fourth-order valence-electron chi connectivity index (χ4n) is 4.65. The average molecular weight is 644 g/mol. The van der Waals surface area contributed by atoms with Gasteiger partial charge in [0.2, 0.25) is 5.91 Å². The number of amides is 3. The smallest absolute Gasteiger partial charge is 0.413 e. The first kappa shape index (κ1) is 34.2. The summed E-state index contributed by atoms with van der Waals surface area (Å²) >= 11 is 0. The van der Waals surface area contributed by atoms with Gasteiger partial charge in [0.25, 0.3) is 0 Å². The molecule has 0 bridgehead atoms. The standard InChI is InChI=1S/C35H38FN5O6/c1-21-9-7-8-10-27(21)22(2)20-46-33(44)39-26-16-24(31(43)29(36)17-26)19-41(6)30(42)18-38-25-11-12-28-23(15-25)13-14-37-32(28)40-34(45)47-35(3,4)5/h7-17,38,43H,2,18-20H2,1,3-6H3,(H,39,44)(H,37,40,45). The van der Waals surface area contributed by atoms with Crippen molar-refractivity contribution in [3.05, 3.63) is 95.9 Å². The van der Waals surface area contributed by atoms with Crippen molar-refractivity contribution in [3.8, 4) is 5.75 Å². The number of carbonyl (C=O) groups excluding carboxylic acids is 3. The molecule has 0 saturated heterocycles. The first-order valence-electron chi connectivity index (χ1n) is 14.8. The maximum absolute atomic E-state index is 14.6. The van der Waals surface area contributed by atoms with Crippen LogP contribution in [0, 0.1) is 12.7 Å². The lowest BCUT2D eigenvalue weighted by Crippen LogP contribution is -2.31. The Morgan fingerprint density at radius 2 is 1.74 bits per heavy atom. The van der Waals surface area contributed by atoms with E-state index in [9.17, 15) is 23.9 Å². The van der Waals surface area contributed by atoms with E-state index in [-0.39, 0.29) is 36.9 Å². The van der Waals surface area contributed by atoms with E-state index in [4.69, 9.17) is 9.47 Å². The second-order valence-electron chi connectivity index (χ2n) is 11.9. The Kier molecular flexibility index (Phi) is 10.7. The molecule has 4 rings (SSSR count). The Morgan fingerprint density at radius 1 is 1.00 bits per heavy atom. The van der Waals surface area contributed by atoms with Gasteiger partial charge in [0.1, 0.15) is 18.0 Å². The van der Waals surface area contributed by atoms with Crippen molar-refractivity contribution in [2.75, 3.05) is 36.1 Å². The minimum Gasteiger partial charge on any atom is -0.505 e. The highest BCUT2D eigenvalue weighted by atomic mass is 19.1. The zero-order chi connectivity index (χ0) is 34.3. The molecule has 0 fully saturated rings. The number of anilines is 3. The van der Waals surface area contributed by atoms with Crippen LogP contribution in [0.2, 0.25) is 0 Å². The van der Waals surface area contributed by atoms with E-state index in [2.05, 4.69) is 27.5 Å². The van der Waals surface area contributed by atoms with Crippen LogP contribution in [0.3, 0.4) is 0 Å². The molecule has 4 aromatic rings. The number of pyridine rings is 1. The van der Waals surface area contributed by atoms with Crippen LogP contribution in [-0.2, 0) is 20.8 Å². The normalized spacial score (nSPS) is 11.0. The highest BCUT2D eigenvalue weighted by molar-refractivity contribution is 5.99. The summed E-state index contributed by atoms with van der Waals surface area (Å²) in [4.78, 5) is 43.1. The molecule has 1 aromatic heterocycles. The zero-order valence-electron chi connectivity index (χ0n) is 26.9. The summed E-state index contributed by atoms with van der Waals surface area (Å²) in [5.41, 5.74) is 2.56. The molecule has 3 amide bonds. The van der Waals surface area contributed by atoms with Crippen molar-refractivity contribution in [2.24, 2.45) is 0 Å². The fraction of sp³-hybridized carbons (Fsp3) is 0.257. The van der Waals surface area contributed by atoms with Gasteiger partial charge < -0.3 is 24.8 Å². The molecule has 1 heterocycles. The van der Waals surface area contributed by atoms with Crippen molar-refractivity contribution in [3.63, 3.8) is 0 Å². The molecule has 0 aliphatic rings. The third-order valence-electron chi connectivity index (χ3n) is 6.95. The zero-order valence-corrected chi connectivity index (χ0v) is 26.9. The number of halogens is 1. The molecule has 0 aliphatic heterocycles. The van der Waals surface area contributed by atoms with E-state index in [1.165, 1.54) is 18.0 Å². The SMILES string of the molecule is C=C(COC(=O)Nc1cc(F)c(O)c(CN(C)C(=O)CNc2ccc3c(NC(=O)OC(C)(C)C)nccc3c2)c1)c1ccccc1C. The predicted molar refractivity (Wildman–Crippen MR) is 180 cm³/mol. The number of nitrogens with one attached hydrogen (secondary N) is 3.